The van der Waals surface area contributed by atoms with Crippen LogP contribution in [-0.2, 0) is 4.74 Å². The van der Waals surface area contributed by atoms with Gasteiger partial charge in [0.15, 0.2) is 0 Å². The van der Waals surface area contributed by atoms with Crippen molar-refractivity contribution in [2.75, 3.05) is 13.2 Å². The van der Waals surface area contributed by atoms with Crippen LogP contribution in [0.2, 0.25) is 5.15 Å². The number of carboxylic acid groups (broad SMARTS) is 1. The molecule has 1 aromatic heterocycles. The SMILES string of the molecule is O=C(NCC#Cc1cnc(Cl)cc1C(=O)O)OCC1c2ccccc2-c2ccccc21. The molecule has 0 radical (unpaired) electrons. The summed E-state index contributed by atoms with van der Waals surface area (Å²) in [4.78, 5) is 27.2. The van der Waals surface area contributed by atoms with Crippen LogP contribution in [0.25, 0.3) is 11.1 Å². The van der Waals surface area contributed by atoms with Gasteiger partial charge in [-0.3, -0.25) is 0 Å². The number of fused-ring (bicyclic) bond motifs is 3. The fourth-order valence-corrected chi connectivity index (χ4v) is 3.77. The van der Waals surface area contributed by atoms with Gasteiger partial charge in [-0.25, -0.2) is 14.6 Å². The number of hydrogen-bond donors (Lipinski definition) is 2. The van der Waals surface area contributed by atoms with Crippen molar-refractivity contribution in [3.63, 3.8) is 0 Å². The molecule has 0 atom stereocenters. The minimum Gasteiger partial charge on any atom is -0.478 e. The number of pyridine rings is 1. The Morgan fingerprint density at radius 3 is 2.39 bits per heavy atom. The zero-order valence-corrected chi connectivity index (χ0v) is 17.0. The quantitative estimate of drug-likeness (QED) is 0.473. The number of halogens is 1. The number of nitrogens with zero attached hydrogens (tertiary/aromatic N) is 1. The molecular formula is C24H17ClN2O4. The molecule has 0 spiro atoms. The van der Waals surface area contributed by atoms with Crippen LogP contribution in [0, 0.1) is 11.8 Å². The van der Waals surface area contributed by atoms with E-state index in [1.54, 1.807) is 0 Å². The highest BCUT2D eigenvalue weighted by Gasteiger charge is 2.28. The molecule has 1 aliphatic rings. The average molecular weight is 433 g/mol. The third-order valence-corrected chi connectivity index (χ3v) is 5.20. The van der Waals surface area contributed by atoms with E-state index in [9.17, 15) is 14.7 Å². The second kappa shape index (κ2) is 8.90. The van der Waals surface area contributed by atoms with Crippen molar-refractivity contribution >= 4 is 23.7 Å². The summed E-state index contributed by atoms with van der Waals surface area (Å²) in [5.74, 6) is 4.20. The number of carbonyl (C=O) groups excluding carboxylic acids is 1. The highest BCUT2D eigenvalue weighted by molar-refractivity contribution is 6.29. The molecule has 3 aromatic rings. The fraction of sp³-hybridized carbons (Fsp3) is 0.125. The van der Waals surface area contributed by atoms with Gasteiger partial charge in [-0.05, 0) is 28.3 Å². The van der Waals surface area contributed by atoms with Gasteiger partial charge in [0, 0.05) is 12.1 Å². The molecule has 0 bridgehead atoms. The average Bonchev–Trinajstić information content (AvgIpc) is 3.10. The normalized spacial score (nSPS) is 11.6. The number of carbonyl (C=O) groups is 2. The Bertz CT molecular complexity index is 1180. The summed E-state index contributed by atoms with van der Waals surface area (Å²) in [5, 5.41) is 11.8. The maximum atomic E-state index is 12.1. The molecule has 6 nitrogen and oxygen atoms in total. The molecule has 31 heavy (non-hydrogen) atoms. The summed E-state index contributed by atoms with van der Waals surface area (Å²) in [6, 6.07) is 17.4. The van der Waals surface area contributed by atoms with Crippen LogP contribution >= 0.6 is 11.6 Å². The minimum atomic E-state index is -1.15. The van der Waals surface area contributed by atoms with Gasteiger partial charge in [-0.15, -0.1) is 0 Å². The summed E-state index contributed by atoms with van der Waals surface area (Å²) < 4.78 is 5.43. The largest absolute Gasteiger partial charge is 0.478 e. The predicted molar refractivity (Wildman–Crippen MR) is 116 cm³/mol. The maximum absolute atomic E-state index is 12.1. The number of nitrogens with one attached hydrogen (secondary N) is 1. The van der Waals surface area contributed by atoms with Crippen LogP contribution in [-0.4, -0.2) is 35.3 Å². The third-order valence-electron chi connectivity index (χ3n) is 4.99. The Kier molecular flexibility index (Phi) is 5.87. The van der Waals surface area contributed by atoms with Crippen molar-refractivity contribution in [2.45, 2.75) is 5.92 Å². The number of rotatable bonds is 4. The summed E-state index contributed by atoms with van der Waals surface area (Å²) in [6.45, 7) is 0.204. The van der Waals surface area contributed by atoms with E-state index in [4.69, 9.17) is 16.3 Å². The first-order valence-corrected chi connectivity index (χ1v) is 9.89. The van der Waals surface area contributed by atoms with Crippen molar-refractivity contribution in [3.05, 3.63) is 88.2 Å². The Hall–Kier alpha value is -3.82. The van der Waals surface area contributed by atoms with E-state index >= 15 is 0 Å². The number of ether oxygens (including phenoxy) is 1. The van der Waals surface area contributed by atoms with E-state index in [1.165, 1.54) is 12.3 Å². The van der Waals surface area contributed by atoms with E-state index < -0.39 is 12.1 Å². The van der Waals surface area contributed by atoms with Crippen molar-refractivity contribution in [1.29, 1.82) is 0 Å². The smallest absolute Gasteiger partial charge is 0.407 e. The van der Waals surface area contributed by atoms with E-state index in [0.29, 0.717) is 0 Å². The molecule has 0 fully saturated rings. The standard InChI is InChI=1S/C24H17ClN2O4/c25-22-12-20(23(28)29)15(13-27-22)6-5-11-26-24(30)31-14-21-18-9-3-1-7-16(18)17-8-2-4-10-19(17)21/h1-4,7-10,12-13,21H,11,14H2,(H,26,30)(H,28,29). The molecule has 0 unspecified atom stereocenters. The molecule has 7 heteroatoms. The van der Waals surface area contributed by atoms with Gasteiger partial charge < -0.3 is 15.2 Å². The molecule has 154 valence electrons. The van der Waals surface area contributed by atoms with Crippen LogP contribution in [0.3, 0.4) is 0 Å². The Balaban J connectivity index is 1.37. The number of aromatic carboxylic acids is 1. The van der Waals surface area contributed by atoms with E-state index in [2.05, 4.69) is 34.3 Å². The van der Waals surface area contributed by atoms with Gasteiger partial charge in [0.25, 0.3) is 0 Å². The van der Waals surface area contributed by atoms with Crippen LogP contribution < -0.4 is 5.32 Å². The van der Waals surface area contributed by atoms with Crippen molar-refractivity contribution in [1.82, 2.24) is 10.3 Å². The first-order chi connectivity index (χ1) is 15.0. The van der Waals surface area contributed by atoms with Crippen LogP contribution in [0.1, 0.15) is 33.0 Å². The molecular weight excluding hydrogens is 416 g/mol. The van der Waals surface area contributed by atoms with E-state index in [-0.39, 0.29) is 35.3 Å². The molecule has 1 amide bonds. The minimum absolute atomic E-state index is 0.00163. The summed E-state index contributed by atoms with van der Waals surface area (Å²) in [7, 11) is 0. The molecule has 0 saturated carbocycles. The second-order valence-corrected chi connectivity index (χ2v) is 7.23. The Morgan fingerprint density at radius 2 is 1.74 bits per heavy atom. The maximum Gasteiger partial charge on any atom is 0.407 e. The highest BCUT2D eigenvalue weighted by Crippen LogP contribution is 2.44. The Morgan fingerprint density at radius 1 is 1.10 bits per heavy atom. The number of alkyl carbamates (subject to hydrolysis) is 1. The van der Waals surface area contributed by atoms with Gasteiger partial charge in [-0.1, -0.05) is 72.0 Å². The number of amides is 1. The fourth-order valence-electron chi connectivity index (χ4n) is 3.61. The van der Waals surface area contributed by atoms with Crippen molar-refractivity contribution in [2.24, 2.45) is 0 Å². The van der Waals surface area contributed by atoms with Crippen molar-refractivity contribution < 1.29 is 19.4 Å². The van der Waals surface area contributed by atoms with Gasteiger partial charge in [0.2, 0.25) is 0 Å². The van der Waals surface area contributed by atoms with Gasteiger partial charge in [-0.2, -0.15) is 0 Å². The van der Waals surface area contributed by atoms with E-state index in [1.807, 2.05) is 36.4 Å². The lowest BCUT2D eigenvalue weighted by molar-refractivity contribution is 0.0696. The van der Waals surface area contributed by atoms with Gasteiger partial charge in [0.1, 0.15) is 11.8 Å². The molecule has 1 heterocycles. The zero-order valence-electron chi connectivity index (χ0n) is 16.3. The highest BCUT2D eigenvalue weighted by atomic mass is 35.5. The number of hydrogen-bond acceptors (Lipinski definition) is 4. The topological polar surface area (TPSA) is 88.5 Å². The van der Waals surface area contributed by atoms with Crippen LogP contribution in [0.15, 0.2) is 60.8 Å². The molecule has 1 aliphatic carbocycles. The monoisotopic (exact) mass is 432 g/mol. The first-order valence-electron chi connectivity index (χ1n) is 9.51. The molecule has 4 rings (SSSR count). The van der Waals surface area contributed by atoms with Crippen LogP contribution in [0.4, 0.5) is 4.79 Å². The lowest BCUT2D eigenvalue weighted by Crippen LogP contribution is -2.26. The molecule has 2 aromatic carbocycles. The molecule has 0 saturated heterocycles. The molecule has 0 aliphatic heterocycles. The summed E-state index contributed by atoms with van der Waals surface area (Å²) in [5.41, 5.74) is 4.74. The number of aromatic nitrogens is 1. The lowest BCUT2D eigenvalue weighted by Gasteiger charge is -2.14. The third kappa shape index (κ3) is 4.37. The van der Waals surface area contributed by atoms with E-state index in [0.717, 1.165) is 22.3 Å². The summed E-state index contributed by atoms with van der Waals surface area (Å²) in [6.07, 6.45) is 0.690. The number of carboxylic acids is 1. The van der Waals surface area contributed by atoms with Gasteiger partial charge >= 0.3 is 12.1 Å². The Labute approximate surface area is 183 Å². The van der Waals surface area contributed by atoms with Crippen LogP contribution in [0.5, 0.6) is 0 Å². The second-order valence-electron chi connectivity index (χ2n) is 6.84. The van der Waals surface area contributed by atoms with Crippen molar-refractivity contribution in [3.8, 4) is 23.0 Å². The predicted octanol–water partition coefficient (Wildman–Crippen LogP) is 4.32. The summed E-state index contributed by atoms with van der Waals surface area (Å²) >= 11 is 5.72. The number of benzene rings is 2. The molecule has 2 N–H and O–H groups in total. The zero-order chi connectivity index (χ0) is 21.8. The lowest BCUT2D eigenvalue weighted by atomic mass is 9.98. The first kappa shape index (κ1) is 20.5. The van der Waals surface area contributed by atoms with Gasteiger partial charge in [0.05, 0.1) is 17.7 Å².